The van der Waals surface area contributed by atoms with Gasteiger partial charge in [-0.3, -0.25) is 4.79 Å². The maximum atomic E-state index is 11.8. The molecule has 4 heteroatoms. The van der Waals surface area contributed by atoms with Gasteiger partial charge in [0.15, 0.2) is 0 Å². The van der Waals surface area contributed by atoms with E-state index < -0.39 is 0 Å². The average molecular weight is 249 g/mol. The van der Waals surface area contributed by atoms with Crippen LogP contribution in [0.2, 0.25) is 0 Å². The van der Waals surface area contributed by atoms with E-state index in [1.54, 1.807) is 0 Å². The second-order valence-corrected chi connectivity index (χ2v) is 5.55. The molecule has 1 N–H and O–H groups in total. The van der Waals surface area contributed by atoms with Crippen molar-refractivity contribution < 1.29 is 4.79 Å². The lowest BCUT2D eigenvalue weighted by Crippen LogP contribution is -2.46. The molecule has 16 heavy (non-hydrogen) atoms. The SMILES string of the molecule is CC(C)(C)CCCC(=O)N1CCNCC1.Cl. The van der Waals surface area contributed by atoms with Crippen LogP contribution in [-0.2, 0) is 4.79 Å². The molecule has 1 fully saturated rings. The van der Waals surface area contributed by atoms with Crippen LogP contribution in [0.25, 0.3) is 0 Å². The first-order valence-electron chi connectivity index (χ1n) is 5.97. The Morgan fingerprint density at radius 3 is 2.31 bits per heavy atom. The molecule has 1 saturated heterocycles. The summed E-state index contributed by atoms with van der Waals surface area (Å²) in [5.41, 5.74) is 0.351. The third-order valence-corrected chi connectivity index (χ3v) is 2.79. The van der Waals surface area contributed by atoms with E-state index >= 15 is 0 Å². The van der Waals surface area contributed by atoms with Gasteiger partial charge in [-0.1, -0.05) is 20.8 Å². The Morgan fingerprint density at radius 1 is 1.25 bits per heavy atom. The Bertz CT molecular complexity index is 208. The number of hydrogen-bond acceptors (Lipinski definition) is 2. The van der Waals surface area contributed by atoms with Crippen molar-refractivity contribution in [1.29, 1.82) is 0 Å². The number of nitrogens with one attached hydrogen (secondary N) is 1. The highest BCUT2D eigenvalue weighted by atomic mass is 35.5. The molecule has 0 saturated carbocycles. The van der Waals surface area contributed by atoms with Gasteiger partial charge in [-0.15, -0.1) is 12.4 Å². The molecule has 0 aliphatic carbocycles. The number of hydrogen-bond donors (Lipinski definition) is 1. The monoisotopic (exact) mass is 248 g/mol. The van der Waals surface area contributed by atoms with E-state index in [0.717, 1.165) is 45.4 Å². The lowest BCUT2D eigenvalue weighted by atomic mass is 9.90. The van der Waals surface area contributed by atoms with Crippen LogP contribution in [0.3, 0.4) is 0 Å². The first-order valence-corrected chi connectivity index (χ1v) is 5.97. The maximum Gasteiger partial charge on any atom is 0.222 e. The van der Waals surface area contributed by atoms with Crippen LogP contribution < -0.4 is 5.32 Å². The van der Waals surface area contributed by atoms with Crippen molar-refractivity contribution >= 4 is 18.3 Å². The van der Waals surface area contributed by atoms with Crippen LogP contribution in [0.1, 0.15) is 40.0 Å². The van der Waals surface area contributed by atoms with Crippen LogP contribution in [0.5, 0.6) is 0 Å². The minimum absolute atomic E-state index is 0. The lowest BCUT2D eigenvalue weighted by molar-refractivity contribution is -0.131. The Morgan fingerprint density at radius 2 is 1.81 bits per heavy atom. The molecule has 96 valence electrons. The topological polar surface area (TPSA) is 32.3 Å². The fraction of sp³-hybridized carbons (Fsp3) is 0.917. The van der Waals surface area contributed by atoms with Gasteiger partial charge in [0.1, 0.15) is 0 Å². The molecule has 0 bridgehead atoms. The molecule has 1 amide bonds. The number of halogens is 1. The van der Waals surface area contributed by atoms with Gasteiger partial charge in [0.2, 0.25) is 5.91 Å². The third kappa shape index (κ3) is 6.33. The molecule has 3 nitrogen and oxygen atoms in total. The zero-order valence-electron chi connectivity index (χ0n) is 10.7. The normalized spacial score (nSPS) is 16.8. The molecule has 0 radical (unpaired) electrons. The zero-order chi connectivity index (χ0) is 11.3. The van der Waals surface area contributed by atoms with Crippen LogP contribution in [0, 0.1) is 5.41 Å². The van der Waals surface area contributed by atoms with Crippen molar-refractivity contribution in [3.05, 3.63) is 0 Å². The van der Waals surface area contributed by atoms with E-state index in [0.29, 0.717) is 11.3 Å². The molecule has 0 atom stereocenters. The van der Waals surface area contributed by atoms with Crippen LogP contribution in [0.4, 0.5) is 0 Å². The maximum absolute atomic E-state index is 11.8. The molecule has 1 aliphatic heterocycles. The van der Waals surface area contributed by atoms with Gasteiger partial charge in [0.25, 0.3) is 0 Å². The summed E-state index contributed by atoms with van der Waals surface area (Å²) in [4.78, 5) is 13.8. The smallest absolute Gasteiger partial charge is 0.222 e. The summed E-state index contributed by atoms with van der Waals surface area (Å²) in [6.07, 6.45) is 2.87. The van der Waals surface area contributed by atoms with Gasteiger partial charge >= 0.3 is 0 Å². The van der Waals surface area contributed by atoms with Crippen LogP contribution >= 0.6 is 12.4 Å². The summed E-state index contributed by atoms with van der Waals surface area (Å²) >= 11 is 0. The highest BCUT2D eigenvalue weighted by molar-refractivity contribution is 5.85. The van der Waals surface area contributed by atoms with E-state index in [1.165, 1.54) is 0 Å². The molecular weight excluding hydrogens is 224 g/mol. The Labute approximate surface area is 105 Å². The molecule has 0 aromatic heterocycles. The largest absolute Gasteiger partial charge is 0.340 e. The standard InChI is InChI=1S/C12H24N2O.ClH/c1-12(2,3)6-4-5-11(15)14-9-7-13-8-10-14;/h13H,4-10H2,1-3H3;1H. The fourth-order valence-electron chi connectivity index (χ4n) is 1.84. The van der Waals surface area contributed by atoms with Crippen molar-refractivity contribution in [2.75, 3.05) is 26.2 Å². The summed E-state index contributed by atoms with van der Waals surface area (Å²) in [7, 11) is 0. The van der Waals surface area contributed by atoms with Crippen molar-refractivity contribution in [1.82, 2.24) is 10.2 Å². The molecular formula is C12H25ClN2O. The summed E-state index contributed by atoms with van der Waals surface area (Å²) in [6.45, 7) is 10.3. The molecule has 0 aromatic rings. The number of nitrogens with zero attached hydrogens (tertiary/aromatic N) is 1. The molecule has 1 rings (SSSR count). The summed E-state index contributed by atoms with van der Waals surface area (Å²) in [5, 5.41) is 3.26. The first kappa shape index (κ1) is 15.7. The summed E-state index contributed by atoms with van der Waals surface area (Å²) in [5.74, 6) is 0.334. The second kappa shape index (κ2) is 7.13. The summed E-state index contributed by atoms with van der Waals surface area (Å²) < 4.78 is 0. The molecule has 0 unspecified atom stereocenters. The lowest BCUT2D eigenvalue weighted by Gasteiger charge is -2.28. The number of rotatable bonds is 3. The molecule has 1 aliphatic rings. The average Bonchev–Trinajstić information content (AvgIpc) is 2.17. The Hall–Kier alpha value is -0.280. The van der Waals surface area contributed by atoms with Crippen molar-refractivity contribution in [3.8, 4) is 0 Å². The summed E-state index contributed by atoms with van der Waals surface area (Å²) in [6, 6.07) is 0. The molecule has 0 spiro atoms. The van der Waals surface area contributed by atoms with Gasteiger partial charge in [-0.05, 0) is 18.3 Å². The number of amides is 1. The van der Waals surface area contributed by atoms with Crippen molar-refractivity contribution in [3.63, 3.8) is 0 Å². The second-order valence-electron chi connectivity index (χ2n) is 5.55. The van der Waals surface area contributed by atoms with Crippen LogP contribution in [-0.4, -0.2) is 37.0 Å². The van der Waals surface area contributed by atoms with E-state index in [-0.39, 0.29) is 12.4 Å². The van der Waals surface area contributed by atoms with Gasteiger partial charge in [-0.2, -0.15) is 0 Å². The van der Waals surface area contributed by atoms with Gasteiger partial charge in [0, 0.05) is 32.6 Å². The van der Waals surface area contributed by atoms with Gasteiger partial charge in [-0.25, -0.2) is 0 Å². The van der Waals surface area contributed by atoms with Crippen molar-refractivity contribution in [2.45, 2.75) is 40.0 Å². The number of carbonyl (C=O) groups excluding carboxylic acids is 1. The highest BCUT2D eigenvalue weighted by Gasteiger charge is 2.17. The number of carbonyl (C=O) groups is 1. The van der Waals surface area contributed by atoms with Gasteiger partial charge < -0.3 is 10.2 Å². The Balaban J connectivity index is 0.00000225. The highest BCUT2D eigenvalue weighted by Crippen LogP contribution is 2.21. The van der Waals surface area contributed by atoms with E-state index in [2.05, 4.69) is 26.1 Å². The van der Waals surface area contributed by atoms with Crippen LogP contribution in [0.15, 0.2) is 0 Å². The fourth-order valence-corrected chi connectivity index (χ4v) is 1.84. The predicted molar refractivity (Wildman–Crippen MR) is 70.0 cm³/mol. The molecule has 1 heterocycles. The third-order valence-electron chi connectivity index (χ3n) is 2.79. The zero-order valence-corrected chi connectivity index (χ0v) is 11.5. The van der Waals surface area contributed by atoms with Gasteiger partial charge in [0.05, 0.1) is 0 Å². The minimum atomic E-state index is 0. The Kier molecular flexibility index (Phi) is 7.00. The minimum Gasteiger partial charge on any atom is -0.340 e. The van der Waals surface area contributed by atoms with Crippen molar-refractivity contribution in [2.24, 2.45) is 5.41 Å². The van der Waals surface area contributed by atoms with E-state index in [4.69, 9.17) is 0 Å². The molecule has 0 aromatic carbocycles. The first-order chi connectivity index (χ1) is 6.99. The quantitative estimate of drug-likeness (QED) is 0.829. The number of piperazine rings is 1. The predicted octanol–water partition coefficient (Wildman–Crippen LogP) is 2.06. The van der Waals surface area contributed by atoms with E-state index in [9.17, 15) is 4.79 Å². The van der Waals surface area contributed by atoms with E-state index in [1.807, 2.05) is 4.90 Å².